The molecule has 0 radical (unpaired) electrons. The molecule has 0 aliphatic carbocycles. The van der Waals surface area contributed by atoms with Gasteiger partial charge in [-0.2, -0.15) is 0 Å². The van der Waals surface area contributed by atoms with Crippen LogP contribution in [0, 0.1) is 12.8 Å². The number of piperidine rings is 1. The number of aryl methyl sites for hydroxylation is 1. The fraction of sp³-hybridized carbons (Fsp3) is 0.708. The highest BCUT2D eigenvalue weighted by Gasteiger charge is 2.15. The van der Waals surface area contributed by atoms with Gasteiger partial charge in [0.25, 0.3) is 0 Å². The van der Waals surface area contributed by atoms with Crippen LogP contribution >= 0.6 is 0 Å². The van der Waals surface area contributed by atoms with E-state index in [0.717, 1.165) is 42.6 Å². The van der Waals surface area contributed by atoms with E-state index in [1.807, 2.05) is 7.05 Å². The molecule has 1 aliphatic heterocycles. The first-order valence-corrected chi connectivity index (χ1v) is 11.5. The highest BCUT2D eigenvalue weighted by atomic mass is 16.5. The molecular weight excluding hydrogens is 376 g/mol. The molecule has 1 saturated heterocycles. The van der Waals surface area contributed by atoms with E-state index < -0.39 is 0 Å². The van der Waals surface area contributed by atoms with Gasteiger partial charge in [-0.15, -0.1) is 0 Å². The average Bonchev–Trinajstić information content (AvgIpc) is 2.74. The molecule has 30 heavy (non-hydrogen) atoms. The van der Waals surface area contributed by atoms with Crippen molar-refractivity contribution in [3.05, 3.63) is 29.3 Å². The Hall–Kier alpha value is -1.79. The smallest absolute Gasteiger partial charge is 0.191 e. The van der Waals surface area contributed by atoms with Crippen molar-refractivity contribution in [3.63, 3.8) is 0 Å². The molecule has 0 spiro atoms. The van der Waals surface area contributed by atoms with Crippen molar-refractivity contribution in [2.75, 3.05) is 53.6 Å². The molecule has 2 rings (SSSR count). The number of methoxy groups -OCH3 is 1. The molecule has 0 aromatic heterocycles. The zero-order valence-corrected chi connectivity index (χ0v) is 19.5. The largest absolute Gasteiger partial charge is 0.493 e. The molecule has 1 fully saturated rings. The minimum Gasteiger partial charge on any atom is -0.493 e. The molecule has 1 aliphatic rings. The second kappa shape index (κ2) is 14.3. The van der Waals surface area contributed by atoms with Gasteiger partial charge in [-0.1, -0.05) is 19.1 Å². The van der Waals surface area contributed by atoms with E-state index in [0.29, 0.717) is 19.8 Å². The maximum Gasteiger partial charge on any atom is 0.191 e. The molecule has 0 bridgehead atoms. The molecule has 6 heteroatoms. The number of rotatable bonds is 12. The van der Waals surface area contributed by atoms with Crippen LogP contribution in [0.3, 0.4) is 0 Å². The molecule has 1 atom stereocenters. The van der Waals surface area contributed by atoms with Gasteiger partial charge < -0.3 is 25.0 Å². The van der Waals surface area contributed by atoms with Gasteiger partial charge in [0.15, 0.2) is 5.96 Å². The standard InChI is InChI=1S/C24H42N4O2/c1-20-10-11-22(23(17-20)30-16-8-15-29-4)18-27-24(25-3)26-12-5-6-13-28-14-7-9-21(2)19-28/h10-11,17,21H,5-9,12-16,18-19H2,1-4H3,(H2,25,26,27). The number of unbranched alkanes of at least 4 members (excludes halogenated alkanes) is 1. The predicted octanol–water partition coefficient (Wildman–Crippen LogP) is 3.59. The average molecular weight is 419 g/mol. The number of ether oxygens (including phenoxy) is 2. The van der Waals surface area contributed by atoms with Crippen molar-refractivity contribution in [3.8, 4) is 5.75 Å². The van der Waals surface area contributed by atoms with Crippen LogP contribution in [0.15, 0.2) is 23.2 Å². The van der Waals surface area contributed by atoms with Crippen molar-refractivity contribution in [2.45, 2.75) is 52.5 Å². The Morgan fingerprint density at radius 1 is 1.20 bits per heavy atom. The Morgan fingerprint density at radius 3 is 2.83 bits per heavy atom. The van der Waals surface area contributed by atoms with Crippen LogP contribution in [0.4, 0.5) is 0 Å². The zero-order chi connectivity index (χ0) is 21.6. The van der Waals surface area contributed by atoms with Crippen molar-refractivity contribution < 1.29 is 9.47 Å². The van der Waals surface area contributed by atoms with E-state index in [9.17, 15) is 0 Å². The summed E-state index contributed by atoms with van der Waals surface area (Å²) in [5.41, 5.74) is 2.34. The third kappa shape index (κ3) is 9.35. The highest BCUT2D eigenvalue weighted by Crippen LogP contribution is 2.20. The van der Waals surface area contributed by atoms with Gasteiger partial charge in [0.2, 0.25) is 0 Å². The van der Waals surface area contributed by atoms with E-state index in [1.54, 1.807) is 7.11 Å². The van der Waals surface area contributed by atoms with Gasteiger partial charge >= 0.3 is 0 Å². The Kier molecular flexibility index (Phi) is 11.6. The quantitative estimate of drug-likeness (QED) is 0.309. The van der Waals surface area contributed by atoms with Gasteiger partial charge in [-0.25, -0.2) is 0 Å². The summed E-state index contributed by atoms with van der Waals surface area (Å²) in [5, 5.41) is 6.86. The second-order valence-corrected chi connectivity index (χ2v) is 8.41. The van der Waals surface area contributed by atoms with Crippen LogP contribution in [-0.4, -0.2) is 64.4 Å². The van der Waals surface area contributed by atoms with Gasteiger partial charge in [0.1, 0.15) is 5.75 Å². The van der Waals surface area contributed by atoms with Gasteiger partial charge in [-0.3, -0.25) is 4.99 Å². The molecular formula is C24H42N4O2. The first kappa shape index (κ1) is 24.5. The number of nitrogens with zero attached hydrogens (tertiary/aromatic N) is 2. The van der Waals surface area contributed by atoms with Gasteiger partial charge in [0, 0.05) is 52.4 Å². The van der Waals surface area contributed by atoms with Crippen LogP contribution < -0.4 is 15.4 Å². The summed E-state index contributed by atoms with van der Waals surface area (Å²) < 4.78 is 11.1. The third-order valence-electron chi connectivity index (χ3n) is 5.58. The number of guanidine groups is 1. The molecule has 170 valence electrons. The number of hydrogen-bond donors (Lipinski definition) is 2. The molecule has 1 heterocycles. The van der Waals surface area contributed by atoms with Crippen molar-refractivity contribution >= 4 is 5.96 Å². The molecule has 0 amide bonds. The van der Waals surface area contributed by atoms with Crippen LogP contribution in [0.25, 0.3) is 0 Å². The fourth-order valence-electron chi connectivity index (χ4n) is 3.88. The zero-order valence-electron chi connectivity index (χ0n) is 19.5. The lowest BCUT2D eigenvalue weighted by Crippen LogP contribution is -2.38. The number of hydrogen-bond acceptors (Lipinski definition) is 4. The Balaban J connectivity index is 1.69. The summed E-state index contributed by atoms with van der Waals surface area (Å²) in [4.78, 5) is 6.98. The monoisotopic (exact) mass is 418 g/mol. The summed E-state index contributed by atoms with van der Waals surface area (Å²) in [7, 11) is 3.54. The van der Waals surface area contributed by atoms with E-state index in [1.165, 1.54) is 44.5 Å². The minimum absolute atomic E-state index is 0.660. The lowest BCUT2D eigenvalue weighted by atomic mass is 10.0. The summed E-state index contributed by atoms with van der Waals surface area (Å²) >= 11 is 0. The van der Waals surface area contributed by atoms with Crippen LogP contribution in [0.5, 0.6) is 5.75 Å². The second-order valence-electron chi connectivity index (χ2n) is 8.41. The lowest BCUT2D eigenvalue weighted by Gasteiger charge is -2.30. The molecule has 1 unspecified atom stereocenters. The number of likely N-dealkylation sites (tertiary alicyclic amines) is 1. The van der Waals surface area contributed by atoms with E-state index in [-0.39, 0.29) is 0 Å². The number of nitrogens with one attached hydrogen (secondary N) is 2. The van der Waals surface area contributed by atoms with Crippen LogP contribution in [0.1, 0.15) is 50.2 Å². The summed E-state index contributed by atoms with van der Waals surface area (Å²) in [5.74, 6) is 2.63. The molecule has 6 nitrogen and oxygen atoms in total. The Labute approximate surface area is 183 Å². The topological polar surface area (TPSA) is 58.1 Å². The maximum atomic E-state index is 5.98. The van der Waals surface area contributed by atoms with Crippen LogP contribution in [0.2, 0.25) is 0 Å². The summed E-state index contributed by atoms with van der Waals surface area (Å²) in [6, 6.07) is 6.35. The van der Waals surface area contributed by atoms with E-state index in [2.05, 4.69) is 52.6 Å². The third-order valence-corrected chi connectivity index (χ3v) is 5.58. The van der Waals surface area contributed by atoms with Gasteiger partial charge in [0.05, 0.1) is 6.61 Å². The summed E-state index contributed by atoms with van der Waals surface area (Å²) in [6.45, 7) is 11.2. The molecule has 1 aromatic carbocycles. The van der Waals surface area contributed by atoms with Gasteiger partial charge in [-0.05, 0) is 63.2 Å². The lowest BCUT2D eigenvalue weighted by molar-refractivity contribution is 0.171. The Morgan fingerprint density at radius 2 is 2.07 bits per heavy atom. The van der Waals surface area contributed by atoms with Crippen molar-refractivity contribution in [1.29, 1.82) is 0 Å². The number of benzene rings is 1. The molecule has 1 aromatic rings. The highest BCUT2D eigenvalue weighted by molar-refractivity contribution is 5.79. The van der Waals surface area contributed by atoms with Crippen molar-refractivity contribution in [2.24, 2.45) is 10.9 Å². The maximum absolute atomic E-state index is 5.98. The minimum atomic E-state index is 0.660. The Bertz CT molecular complexity index is 636. The van der Waals surface area contributed by atoms with Crippen molar-refractivity contribution in [1.82, 2.24) is 15.5 Å². The molecule has 2 N–H and O–H groups in total. The van der Waals surface area contributed by atoms with Crippen LogP contribution in [-0.2, 0) is 11.3 Å². The predicted molar refractivity (Wildman–Crippen MR) is 125 cm³/mol. The first-order valence-electron chi connectivity index (χ1n) is 11.5. The fourth-order valence-corrected chi connectivity index (χ4v) is 3.88. The van der Waals surface area contributed by atoms with E-state index in [4.69, 9.17) is 9.47 Å². The van der Waals surface area contributed by atoms with E-state index >= 15 is 0 Å². The SMILES string of the molecule is CN=C(NCCCCN1CCCC(C)C1)NCc1ccc(C)cc1OCCCOC. The first-order chi connectivity index (χ1) is 14.6. The summed E-state index contributed by atoms with van der Waals surface area (Å²) in [6.07, 6.45) is 6.02. The molecule has 0 saturated carbocycles. The number of aliphatic imine (C=N–C) groups is 1. The normalized spacial score (nSPS) is 17.7.